The van der Waals surface area contributed by atoms with Crippen LogP contribution in [0.25, 0.3) is 0 Å². The number of nitrogens with one attached hydrogen (secondary N) is 1. The van der Waals surface area contributed by atoms with Crippen LogP contribution in [0.15, 0.2) is 42.5 Å². The Kier molecular flexibility index (Phi) is 6.52. The molecule has 150 valence electrons. The first kappa shape index (κ1) is 19.7. The van der Waals surface area contributed by atoms with Gasteiger partial charge in [-0.25, -0.2) is 13.6 Å². The van der Waals surface area contributed by atoms with E-state index >= 15 is 0 Å². The van der Waals surface area contributed by atoms with Gasteiger partial charge in [0.25, 0.3) is 0 Å². The number of rotatable bonds is 6. The van der Waals surface area contributed by atoms with Crippen molar-refractivity contribution in [2.75, 3.05) is 51.3 Å². The molecule has 0 unspecified atom stereocenters. The molecule has 2 aromatic carbocycles. The van der Waals surface area contributed by atoms with E-state index in [0.29, 0.717) is 50.8 Å². The van der Waals surface area contributed by atoms with Crippen molar-refractivity contribution in [1.82, 2.24) is 10.2 Å². The third-order valence-electron chi connectivity index (χ3n) is 4.54. The SMILES string of the molecule is COc1ccc(OCCNC(=O)N2CCN(c3ccc(F)c(F)c3)CC2)cc1. The van der Waals surface area contributed by atoms with Crippen LogP contribution in [0.5, 0.6) is 11.5 Å². The number of halogens is 2. The van der Waals surface area contributed by atoms with Gasteiger partial charge < -0.3 is 24.6 Å². The maximum atomic E-state index is 13.4. The normalized spacial score (nSPS) is 14.0. The molecule has 0 radical (unpaired) electrons. The molecule has 2 aromatic rings. The van der Waals surface area contributed by atoms with Crippen LogP contribution in [0.3, 0.4) is 0 Å². The van der Waals surface area contributed by atoms with Crippen LogP contribution in [0, 0.1) is 11.6 Å². The quantitative estimate of drug-likeness (QED) is 0.770. The molecule has 1 aliphatic heterocycles. The number of benzene rings is 2. The van der Waals surface area contributed by atoms with Crippen LogP contribution >= 0.6 is 0 Å². The molecule has 1 saturated heterocycles. The first-order chi connectivity index (χ1) is 13.6. The molecule has 8 heteroatoms. The number of urea groups is 1. The van der Waals surface area contributed by atoms with E-state index in [-0.39, 0.29) is 6.03 Å². The van der Waals surface area contributed by atoms with Crippen molar-refractivity contribution in [3.63, 3.8) is 0 Å². The second-order valence-corrected chi connectivity index (χ2v) is 6.33. The van der Waals surface area contributed by atoms with Crippen molar-refractivity contribution in [3.05, 3.63) is 54.1 Å². The van der Waals surface area contributed by atoms with Gasteiger partial charge in [0.2, 0.25) is 0 Å². The number of carbonyl (C=O) groups excluding carboxylic acids is 1. The highest BCUT2D eigenvalue weighted by Gasteiger charge is 2.21. The minimum atomic E-state index is -0.866. The number of methoxy groups -OCH3 is 1. The first-order valence-electron chi connectivity index (χ1n) is 9.06. The second-order valence-electron chi connectivity index (χ2n) is 6.33. The average Bonchev–Trinajstić information content (AvgIpc) is 2.73. The molecule has 1 heterocycles. The molecule has 0 bridgehead atoms. The largest absolute Gasteiger partial charge is 0.497 e. The van der Waals surface area contributed by atoms with E-state index in [0.717, 1.165) is 11.8 Å². The van der Waals surface area contributed by atoms with E-state index in [4.69, 9.17) is 9.47 Å². The van der Waals surface area contributed by atoms with E-state index in [9.17, 15) is 13.6 Å². The fourth-order valence-corrected chi connectivity index (χ4v) is 2.96. The van der Waals surface area contributed by atoms with Gasteiger partial charge in [0.05, 0.1) is 13.7 Å². The average molecular weight is 391 g/mol. The van der Waals surface area contributed by atoms with Crippen molar-refractivity contribution in [2.45, 2.75) is 0 Å². The molecule has 3 rings (SSSR count). The van der Waals surface area contributed by atoms with Crippen molar-refractivity contribution in [2.24, 2.45) is 0 Å². The fraction of sp³-hybridized carbons (Fsp3) is 0.350. The monoisotopic (exact) mass is 391 g/mol. The summed E-state index contributed by atoms with van der Waals surface area (Å²) in [7, 11) is 1.60. The zero-order chi connectivity index (χ0) is 19.9. The van der Waals surface area contributed by atoms with Gasteiger partial charge in [0.1, 0.15) is 18.1 Å². The van der Waals surface area contributed by atoms with E-state index in [1.165, 1.54) is 6.07 Å². The van der Waals surface area contributed by atoms with Crippen LogP contribution in [-0.4, -0.2) is 57.4 Å². The Balaban J connectivity index is 1.38. The van der Waals surface area contributed by atoms with Gasteiger partial charge in [-0.15, -0.1) is 0 Å². The molecule has 2 amide bonds. The van der Waals surface area contributed by atoms with E-state index in [1.807, 2.05) is 4.90 Å². The van der Waals surface area contributed by atoms with Gasteiger partial charge in [0.15, 0.2) is 11.6 Å². The summed E-state index contributed by atoms with van der Waals surface area (Å²) in [4.78, 5) is 15.9. The highest BCUT2D eigenvalue weighted by molar-refractivity contribution is 5.74. The summed E-state index contributed by atoms with van der Waals surface area (Å²) >= 11 is 0. The van der Waals surface area contributed by atoms with Crippen molar-refractivity contribution in [3.8, 4) is 11.5 Å². The highest BCUT2D eigenvalue weighted by Crippen LogP contribution is 2.19. The lowest BCUT2D eigenvalue weighted by molar-refractivity contribution is 0.191. The van der Waals surface area contributed by atoms with Crippen molar-refractivity contribution in [1.29, 1.82) is 0 Å². The van der Waals surface area contributed by atoms with E-state index in [2.05, 4.69) is 5.32 Å². The van der Waals surface area contributed by atoms with Crippen molar-refractivity contribution >= 4 is 11.7 Å². The summed E-state index contributed by atoms with van der Waals surface area (Å²) in [6, 6.07) is 10.9. The third kappa shape index (κ3) is 5.03. The Labute approximate surface area is 162 Å². The molecule has 28 heavy (non-hydrogen) atoms. The minimum Gasteiger partial charge on any atom is -0.497 e. The summed E-state index contributed by atoms with van der Waals surface area (Å²) in [6.07, 6.45) is 0. The molecule has 0 aliphatic carbocycles. The topological polar surface area (TPSA) is 54.0 Å². The Bertz CT molecular complexity index is 794. The van der Waals surface area contributed by atoms with Crippen LogP contribution in [0.2, 0.25) is 0 Å². The molecule has 6 nitrogen and oxygen atoms in total. The maximum absolute atomic E-state index is 13.4. The zero-order valence-corrected chi connectivity index (χ0v) is 15.7. The third-order valence-corrected chi connectivity index (χ3v) is 4.54. The molecule has 0 spiro atoms. The Morgan fingerprint density at radius 1 is 1.00 bits per heavy atom. The number of nitrogens with zero attached hydrogens (tertiary/aromatic N) is 2. The lowest BCUT2D eigenvalue weighted by Gasteiger charge is -2.36. The molecular formula is C20H23F2N3O3. The second kappa shape index (κ2) is 9.25. The number of ether oxygens (including phenoxy) is 2. The van der Waals surface area contributed by atoms with Gasteiger partial charge in [0, 0.05) is 37.9 Å². The lowest BCUT2D eigenvalue weighted by Crippen LogP contribution is -2.52. The Morgan fingerprint density at radius 2 is 1.68 bits per heavy atom. The summed E-state index contributed by atoms with van der Waals surface area (Å²) in [5, 5.41) is 2.83. The van der Waals surface area contributed by atoms with E-state index in [1.54, 1.807) is 42.3 Å². The number of piperazine rings is 1. The number of amides is 2. The maximum Gasteiger partial charge on any atom is 0.317 e. The van der Waals surface area contributed by atoms with Gasteiger partial charge in [-0.3, -0.25) is 0 Å². The van der Waals surface area contributed by atoms with Gasteiger partial charge in [-0.1, -0.05) is 0 Å². The first-order valence-corrected chi connectivity index (χ1v) is 9.06. The Hall–Kier alpha value is -3.03. The molecule has 1 fully saturated rings. The molecular weight excluding hydrogens is 368 g/mol. The van der Waals surface area contributed by atoms with Gasteiger partial charge >= 0.3 is 6.03 Å². The van der Waals surface area contributed by atoms with Crippen molar-refractivity contribution < 1.29 is 23.0 Å². The van der Waals surface area contributed by atoms with Crippen LogP contribution in [0.4, 0.5) is 19.3 Å². The van der Waals surface area contributed by atoms with E-state index < -0.39 is 11.6 Å². The molecule has 1 N–H and O–H groups in total. The smallest absolute Gasteiger partial charge is 0.317 e. The fourth-order valence-electron chi connectivity index (χ4n) is 2.96. The predicted octanol–water partition coefficient (Wildman–Crippen LogP) is 2.88. The number of hydrogen-bond donors (Lipinski definition) is 1. The minimum absolute atomic E-state index is 0.164. The highest BCUT2D eigenvalue weighted by atomic mass is 19.2. The Morgan fingerprint density at radius 3 is 2.32 bits per heavy atom. The summed E-state index contributed by atoms with van der Waals surface area (Å²) in [5.74, 6) is -0.272. The summed E-state index contributed by atoms with van der Waals surface area (Å²) < 4.78 is 37.1. The molecule has 0 saturated carbocycles. The van der Waals surface area contributed by atoms with Gasteiger partial charge in [-0.05, 0) is 36.4 Å². The van der Waals surface area contributed by atoms with Crippen LogP contribution in [-0.2, 0) is 0 Å². The number of carbonyl (C=O) groups is 1. The van der Waals surface area contributed by atoms with Crippen LogP contribution < -0.4 is 19.7 Å². The molecule has 0 aromatic heterocycles. The number of hydrogen-bond acceptors (Lipinski definition) is 4. The number of anilines is 1. The predicted molar refractivity (Wildman–Crippen MR) is 102 cm³/mol. The molecule has 1 aliphatic rings. The standard InChI is InChI=1S/C20H23F2N3O3/c1-27-16-3-5-17(6-4-16)28-13-8-23-20(26)25-11-9-24(10-12-25)15-2-7-18(21)19(22)14-15/h2-7,14H,8-13H2,1H3,(H,23,26). The van der Waals surface area contributed by atoms with Crippen LogP contribution in [0.1, 0.15) is 0 Å². The summed E-state index contributed by atoms with van der Waals surface area (Å²) in [6.45, 7) is 2.86. The van der Waals surface area contributed by atoms with Gasteiger partial charge in [-0.2, -0.15) is 0 Å². The zero-order valence-electron chi connectivity index (χ0n) is 15.7. The molecule has 0 atom stereocenters. The lowest BCUT2D eigenvalue weighted by atomic mass is 10.2. The summed E-state index contributed by atoms with van der Waals surface area (Å²) in [5.41, 5.74) is 0.617.